The number of allylic oxidation sites excluding steroid dienone is 1. The highest BCUT2D eigenvalue weighted by Gasteiger charge is 2.09. The molecule has 17 heavy (non-hydrogen) atoms. The monoisotopic (exact) mass is 232 g/mol. The molecule has 2 heteroatoms. The van der Waals surface area contributed by atoms with E-state index < -0.39 is 0 Å². The molecule has 1 aromatic carbocycles. The summed E-state index contributed by atoms with van der Waals surface area (Å²) in [4.78, 5) is 0. The van der Waals surface area contributed by atoms with E-state index >= 15 is 0 Å². The minimum Gasteiger partial charge on any atom is -0.497 e. The first-order valence-electron chi connectivity index (χ1n) is 6.36. The normalized spacial score (nSPS) is 17.2. The number of benzene rings is 1. The van der Waals surface area contributed by atoms with E-state index in [1.165, 1.54) is 32.1 Å². The average Bonchev–Trinajstić information content (AvgIpc) is 2.41. The predicted molar refractivity (Wildman–Crippen MR) is 69.3 cm³/mol. The van der Waals surface area contributed by atoms with Crippen LogP contribution < -0.4 is 9.47 Å². The van der Waals surface area contributed by atoms with Gasteiger partial charge in [-0.15, -0.1) is 0 Å². The Morgan fingerprint density at radius 2 is 1.65 bits per heavy atom. The van der Waals surface area contributed by atoms with Crippen molar-refractivity contribution >= 4 is 0 Å². The van der Waals surface area contributed by atoms with Crippen molar-refractivity contribution in [3.8, 4) is 11.5 Å². The van der Waals surface area contributed by atoms with Gasteiger partial charge >= 0.3 is 0 Å². The van der Waals surface area contributed by atoms with Crippen molar-refractivity contribution in [1.29, 1.82) is 0 Å². The van der Waals surface area contributed by atoms with Crippen LogP contribution in [0.2, 0.25) is 0 Å². The zero-order valence-corrected chi connectivity index (χ0v) is 10.4. The van der Waals surface area contributed by atoms with Crippen LogP contribution in [0.15, 0.2) is 36.6 Å². The van der Waals surface area contributed by atoms with E-state index in [0.29, 0.717) is 5.92 Å². The Morgan fingerprint density at radius 1 is 1.00 bits per heavy atom. The first kappa shape index (κ1) is 12.0. The fourth-order valence-electron chi connectivity index (χ4n) is 2.21. The zero-order valence-electron chi connectivity index (χ0n) is 10.4. The van der Waals surface area contributed by atoms with E-state index in [9.17, 15) is 0 Å². The van der Waals surface area contributed by atoms with E-state index in [0.717, 1.165) is 11.5 Å². The minimum absolute atomic E-state index is 0.710. The number of ether oxygens (including phenoxy) is 2. The third-order valence-corrected chi connectivity index (χ3v) is 3.26. The van der Waals surface area contributed by atoms with Crippen LogP contribution in [0.1, 0.15) is 32.1 Å². The van der Waals surface area contributed by atoms with Crippen molar-refractivity contribution in [3.63, 3.8) is 0 Å². The quantitative estimate of drug-likeness (QED) is 0.725. The molecule has 0 spiro atoms. The molecule has 0 aliphatic heterocycles. The lowest BCUT2D eigenvalue weighted by Gasteiger charge is -2.17. The van der Waals surface area contributed by atoms with Crippen LogP contribution in [0.3, 0.4) is 0 Å². The van der Waals surface area contributed by atoms with Gasteiger partial charge in [0.05, 0.1) is 13.4 Å². The third-order valence-electron chi connectivity index (χ3n) is 3.26. The summed E-state index contributed by atoms with van der Waals surface area (Å²) in [6.45, 7) is 0. The van der Waals surface area contributed by atoms with Crippen molar-refractivity contribution in [3.05, 3.63) is 36.6 Å². The molecular formula is C15H20O2. The average molecular weight is 232 g/mol. The van der Waals surface area contributed by atoms with Gasteiger partial charge in [-0.05, 0) is 49.1 Å². The van der Waals surface area contributed by atoms with Gasteiger partial charge in [0.15, 0.2) is 0 Å². The van der Waals surface area contributed by atoms with Gasteiger partial charge in [-0.2, -0.15) is 0 Å². The summed E-state index contributed by atoms with van der Waals surface area (Å²) in [5.41, 5.74) is 0. The van der Waals surface area contributed by atoms with Gasteiger partial charge in [-0.1, -0.05) is 19.3 Å². The van der Waals surface area contributed by atoms with E-state index in [1.54, 1.807) is 7.11 Å². The van der Waals surface area contributed by atoms with Crippen LogP contribution in [-0.4, -0.2) is 7.11 Å². The molecule has 0 heterocycles. The predicted octanol–water partition coefficient (Wildman–Crippen LogP) is 4.17. The fraction of sp³-hybridized carbons (Fsp3) is 0.467. The zero-order chi connectivity index (χ0) is 11.9. The van der Waals surface area contributed by atoms with Gasteiger partial charge in [0.2, 0.25) is 0 Å². The maximum Gasteiger partial charge on any atom is 0.126 e. The lowest BCUT2D eigenvalue weighted by molar-refractivity contribution is 0.403. The van der Waals surface area contributed by atoms with E-state index in [4.69, 9.17) is 9.47 Å². The molecule has 2 nitrogen and oxygen atoms in total. The summed E-state index contributed by atoms with van der Waals surface area (Å²) in [5, 5.41) is 0. The summed E-state index contributed by atoms with van der Waals surface area (Å²) in [7, 11) is 1.67. The van der Waals surface area contributed by atoms with Crippen molar-refractivity contribution < 1.29 is 9.47 Å². The maximum absolute atomic E-state index is 5.57. The molecule has 0 N–H and O–H groups in total. The molecule has 1 aliphatic carbocycles. The molecule has 0 unspecified atom stereocenters. The molecule has 1 aromatic rings. The third kappa shape index (κ3) is 3.81. The Hall–Kier alpha value is -1.44. The van der Waals surface area contributed by atoms with Crippen LogP contribution in [0.4, 0.5) is 0 Å². The minimum atomic E-state index is 0.710. The Bertz CT molecular complexity index is 348. The van der Waals surface area contributed by atoms with Gasteiger partial charge in [-0.25, -0.2) is 0 Å². The second kappa shape index (κ2) is 6.33. The second-order valence-electron chi connectivity index (χ2n) is 4.52. The van der Waals surface area contributed by atoms with E-state index in [2.05, 4.69) is 6.08 Å². The van der Waals surface area contributed by atoms with E-state index in [1.807, 2.05) is 30.5 Å². The Balaban J connectivity index is 1.81. The van der Waals surface area contributed by atoms with Gasteiger partial charge in [0.1, 0.15) is 11.5 Å². The number of methoxy groups -OCH3 is 1. The summed E-state index contributed by atoms with van der Waals surface area (Å²) in [6.07, 6.45) is 10.8. The standard InChI is InChI=1S/C15H20O2/c1-16-14-7-9-15(10-8-14)17-12-11-13-5-3-2-4-6-13/h7-13H,2-6H2,1H3. The number of hydrogen-bond donors (Lipinski definition) is 0. The van der Waals surface area contributed by atoms with Crippen molar-refractivity contribution in [2.75, 3.05) is 7.11 Å². The molecule has 0 amide bonds. The molecule has 1 fully saturated rings. The molecule has 1 aliphatic rings. The molecule has 0 bridgehead atoms. The van der Waals surface area contributed by atoms with Crippen LogP contribution in [0.5, 0.6) is 11.5 Å². The summed E-state index contributed by atoms with van der Waals surface area (Å²) >= 11 is 0. The summed E-state index contributed by atoms with van der Waals surface area (Å²) in [5.74, 6) is 2.42. The molecular weight excluding hydrogens is 212 g/mol. The number of rotatable bonds is 4. The lowest BCUT2D eigenvalue weighted by atomic mass is 9.89. The van der Waals surface area contributed by atoms with Crippen LogP contribution in [0, 0.1) is 5.92 Å². The lowest BCUT2D eigenvalue weighted by Crippen LogP contribution is -2.02. The van der Waals surface area contributed by atoms with Gasteiger partial charge in [0, 0.05) is 0 Å². The Morgan fingerprint density at radius 3 is 2.29 bits per heavy atom. The highest BCUT2D eigenvalue weighted by molar-refractivity contribution is 5.31. The Labute approximate surface area is 103 Å². The fourth-order valence-corrected chi connectivity index (χ4v) is 2.21. The van der Waals surface area contributed by atoms with Crippen molar-refractivity contribution in [2.24, 2.45) is 5.92 Å². The molecule has 0 atom stereocenters. The number of hydrogen-bond acceptors (Lipinski definition) is 2. The molecule has 0 aromatic heterocycles. The van der Waals surface area contributed by atoms with Crippen LogP contribution in [-0.2, 0) is 0 Å². The molecule has 2 rings (SSSR count). The molecule has 0 saturated heterocycles. The largest absolute Gasteiger partial charge is 0.497 e. The second-order valence-corrected chi connectivity index (χ2v) is 4.52. The maximum atomic E-state index is 5.57. The van der Waals surface area contributed by atoms with Gasteiger partial charge in [-0.3, -0.25) is 0 Å². The topological polar surface area (TPSA) is 18.5 Å². The first-order valence-corrected chi connectivity index (χ1v) is 6.36. The molecule has 1 saturated carbocycles. The van der Waals surface area contributed by atoms with E-state index in [-0.39, 0.29) is 0 Å². The van der Waals surface area contributed by atoms with Crippen LogP contribution in [0.25, 0.3) is 0 Å². The summed E-state index contributed by atoms with van der Waals surface area (Å²) in [6, 6.07) is 7.65. The van der Waals surface area contributed by atoms with Gasteiger partial charge in [0.25, 0.3) is 0 Å². The SMILES string of the molecule is COc1ccc(OC=CC2CCCCC2)cc1. The first-order chi connectivity index (χ1) is 8.38. The van der Waals surface area contributed by atoms with Crippen LogP contribution >= 0.6 is 0 Å². The van der Waals surface area contributed by atoms with Gasteiger partial charge < -0.3 is 9.47 Å². The Kier molecular flexibility index (Phi) is 4.48. The van der Waals surface area contributed by atoms with Crippen molar-refractivity contribution in [1.82, 2.24) is 0 Å². The highest BCUT2D eigenvalue weighted by atomic mass is 16.5. The molecule has 92 valence electrons. The smallest absolute Gasteiger partial charge is 0.126 e. The van der Waals surface area contributed by atoms with Crippen molar-refractivity contribution in [2.45, 2.75) is 32.1 Å². The highest BCUT2D eigenvalue weighted by Crippen LogP contribution is 2.24. The molecule has 0 radical (unpaired) electrons. The summed E-state index contributed by atoms with van der Waals surface area (Å²) < 4.78 is 10.7.